The quantitative estimate of drug-likeness (QED) is 0.0871. The third-order valence-electron chi connectivity index (χ3n) is 9.25. The molecular formula is C38H42N14O4. The summed E-state index contributed by atoms with van der Waals surface area (Å²) >= 11 is 0. The predicted molar refractivity (Wildman–Crippen MR) is 210 cm³/mol. The highest BCUT2D eigenvalue weighted by atomic mass is 16.5. The molecule has 0 aliphatic carbocycles. The zero-order chi connectivity index (χ0) is 39.7. The normalized spacial score (nSPS) is 11.7. The number of carbonyl (C=O) groups excluding carboxylic acids is 3. The highest BCUT2D eigenvalue weighted by Gasteiger charge is 2.22. The number of aryl methyl sites for hydroxylation is 4. The molecule has 7 N–H and O–H groups in total. The minimum atomic E-state index is -0.650. The van der Waals surface area contributed by atoms with E-state index in [2.05, 4.69) is 25.5 Å². The molecular weight excluding hydrogens is 717 g/mol. The van der Waals surface area contributed by atoms with Crippen molar-refractivity contribution in [3.8, 4) is 17.3 Å². The zero-order valence-corrected chi connectivity index (χ0v) is 31.5. The van der Waals surface area contributed by atoms with E-state index < -0.39 is 17.7 Å². The van der Waals surface area contributed by atoms with Crippen molar-refractivity contribution in [3.05, 3.63) is 83.1 Å². The maximum atomic E-state index is 13.5. The highest BCUT2D eigenvalue weighted by molar-refractivity contribution is 6.12. The van der Waals surface area contributed by atoms with Crippen LogP contribution in [0.2, 0.25) is 0 Å². The lowest BCUT2D eigenvalue weighted by Gasteiger charge is -2.12. The Morgan fingerprint density at radius 2 is 1.52 bits per heavy atom. The number of pyridine rings is 1. The van der Waals surface area contributed by atoms with Crippen LogP contribution in [0.5, 0.6) is 5.75 Å². The number of hydrogen-bond acceptors (Lipinski definition) is 11. The molecule has 18 nitrogen and oxygen atoms in total. The third kappa shape index (κ3) is 7.04. The summed E-state index contributed by atoms with van der Waals surface area (Å²) in [7, 11) is 0. The number of hydrogen-bond donors (Lipinski definition) is 4. The number of nitrogens with zero attached hydrogens (tertiary/aromatic N) is 10. The fourth-order valence-corrected chi connectivity index (χ4v) is 6.66. The minimum Gasteiger partial charge on any atom is -0.491 e. The van der Waals surface area contributed by atoms with Crippen molar-refractivity contribution in [2.45, 2.75) is 60.3 Å². The summed E-state index contributed by atoms with van der Waals surface area (Å²) in [6.07, 6.45) is 7.56. The van der Waals surface area contributed by atoms with Crippen molar-refractivity contribution in [1.82, 2.24) is 48.6 Å². The standard InChI is InChI=1S/C38H42N14O4/c1-5-51-28(14-21(3)47-51)34-42-20-26-25-16-23(32(40)53)18-30(56-13-9-10-39)31(25)49(35(26)45-34)11-7-8-12-50-36-27(17-24(19-43-36)33(41)54)44-38(50)46-37(55)29-15-22(4)48-52(29)6-2/h7-8,14-20H,5-6,9-13,39H2,1-4H3,(H2,40,53)(H2,41,54)(H,44,46,55)/b8-7+. The van der Waals surface area contributed by atoms with Gasteiger partial charge in [-0.1, -0.05) is 12.2 Å². The van der Waals surface area contributed by atoms with Gasteiger partial charge >= 0.3 is 0 Å². The Labute approximate surface area is 320 Å². The van der Waals surface area contributed by atoms with E-state index in [-0.39, 0.29) is 23.6 Å². The van der Waals surface area contributed by atoms with Crippen molar-refractivity contribution in [2.24, 2.45) is 17.2 Å². The number of aromatic nitrogens is 10. The van der Waals surface area contributed by atoms with E-state index in [1.165, 1.54) is 12.3 Å². The first-order valence-corrected chi connectivity index (χ1v) is 18.2. The minimum absolute atomic E-state index is 0.184. The molecule has 56 heavy (non-hydrogen) atoms. The molecule has 0 spiro atoms. The number of primary amides is 2. The SMILES string of the molecule is CCn1nc(C)cc1C(=O)Nc1nc2cc(C(N)=O)cnc2n1C/C=C/Cn1c2nc(-c3cc(C)nn3CC)ncc2c2cc(C(N)=O)cc(OCCCN)c21. The third-order valence-corrected chi connectivity index (χ3v) is 9.25. The zero-order valence-electron chi connectivity index (χ0n) is 31.5. The van der Waals surface area contributed by atoms with E-state index in [1.54, 1.807) is 33.6 Å². The van der Waals surface area contributed by atoms with Crippen LogP contribution in [0.3, 0.4) is 0 Å². The molecule has 0 atom stereocenters. The molecule has 0 saturated heterocycles. The van der Waals surface area contributed by atoms with Crippen LogP contribution < -0.4 is 27.3 Å². The first-order chi connectivity index (χ1) is 27.0. The number of benzene rings is 1. The van der Waals surface area contributed by atoms with Gasteiger partial charge in [0.05, 0.1) is 29.1 Å². The average molecular weight is 759 g/mol. The van der Waals surface area contributed by atoms with Gasteiger partial charge in [0, 0.05) is 54.9 Å². The van der Waals surface area contributed by atoms with E-state index in [0.717, 1.165) is 11.4 Å². The monoisotopic (exact) mass is 758 g/mol. The largest absolute Gasteiger partial charge is 0.491 e. The topological polar surface area (TPSA) is 248 Å². The van der Waals surface area contributed by atoms with E-state index in [4.69, 9.17) is 31.9 Å². The first kappa shape index (κ1) is 37.4. The van der Waals surface area contributed by atoms with Gasteiger partial charge in [-0.3, -0.25) is 33.6 Å². The van der Waals surface area contributed by atoms with E-state index in [9.17, 15) is 14.4 Å². The lowest BCUT2D eigenvalue weighted by molar-refractivity contribution is 0.0991. The van der Waals surface area contributed by atoms with E-state index in [1.807, 2.05) is 55.2 Å². The van der Waals surface area contributed by atoms with Crippen molar-refractivity contribution in [3.63, 3.8) is 0 Å². The molecule has 0 aliphatic rings. The maximum absolute atomic E-state index is 13.5. The number of amides is 3. The van der Waals surface area contributed by atoms with Gasteiger partial charge in [-0.25, -0.2) is 19.9 Å². The van der Waals surface area contributed by atoms with Crippen LogP contribution >= 0.6 is 0 Å². The van der Waals surface area contributed by atoms with Gasteiger partial charge in [0.25, 0.3) is 5.91 Å². The van der Waals surface area contributed by atoms with Crippen LogP contribution in [0.1, 0.15) is 62.9 Å². The van der Waals surface area contributed by atoms with Gasteiger partial charge in [-0.05, 0) is 71.0 Å². The van der Waals surface area contributed by atoms with Gasteiger partial charge in [0.15, 0.2) is 11.5 Å². The molecule has 7 rings (SSSR count). The van der Waals surface area contributed by atoms with Crippen LogP contribution in [0.15, 0.2) is 54.9 Å². The number of carbonyl (C=O) groups is 3. The van der Waals surface area contributed by atoms with Crippen LogP contribution in [0.25, 0.3) is 44.6 Å². The van der Waals surface area contributed by atoms with Crippen molar-refractivity contribution in [1.29, 1.82) is 0 Å². The summed E-state index contributed by atoms with van der Waals surface area (Å²) < 4.78 is 13.4. The molecule has 0 fully saturated rings. The first-order valence-electron chi connectivity index (χ1n) is 18.2. The molecule has 1 aromatic carbocycles. The number of ether oxygens (including phenoxy) is 1. The fraction of sp³-hybridized carbons (Fsp3) is 0.289. The molecule has 18 heteroatoms. The second kappa shape index (κ2) is 15.4. The molecule has 0 unspecified atom stereocenters. The summed E-state index contributed by atoms with van der Waals surface area (Å²) in [5.41, 5.74) is 22.3. The Hall–Kier alpha value is -6.95. The van der Waals surface area contributed by atoms with Gasteiger partial charge in [0.2, 0.25) is 17.8 Å². The molecule has 7 aromatic rings. The molecule has 288 valence electrons. The number of rotatable bonds is 15. The van der Waals surface area contributed by atoms with Gasteiger partial charge < -0.3 is 26.5 Å². The summed E-state index contributed by atoms with van der Waals surface area (Å²) in [6, 6.07) is 8.54. The van der Waals surface area contributed by atoms with Gasteiger partial charge in [0.1, 0.15) is 28.3 Å². The Balaban J connectivity index is 1.31. The number of anilines is 1. The van der Waals surface area contributed by atoms with Crippen LogP contribution in [0, 0.1) is 13.8 Å². The number of allylic oxidation sites excluding steroid dienone is 2. The summed E-state index contributed by atoms with van der Waals surface area (Å²) in [4.78, 5) is 56.8. The van der Waals surface area contributed by atoms with Crippen molar-refractivity contribution < 1.29 is 19.1 Å². The Kier molecular flexibility index (Phi) is 10.3. The summed E-state index contributed by atoms with van der Waals surface area (Å²) in [6.45, 7) is 10.1. The second-order valence-corrected chi connectivity index (χ2v) is 13.1. The molecule has 0 saturated carbocycles. The fourth-order valence-electron chi connectivity index (χ4n) is 6.66. The lowest BCUT2D eigenvalue weighted by atomic mass is 10.1. The predicted octanol–water partition coefficient (Wildman–Crippen LogP) is 3.48. The van der Waals surface area contributed by atoms with Crippen LogP contribution in [-0.4, -0.2) is 79.5 Å². The highest BCUT2D eigenvalue weighted by Crippen LogP contribution is 2.36. The smallest absolute Gasteiger partial charge is 0.276 e. The molecule has 0 radical (unpaired) electrons. The maximum Gasteiger partial charge on any atom is 0.276 e. The van der Waals surface area contributed by atoms with Crippen LogP contribution in [0.4, 0.5) is 5.95 Å². The lowest BCUT2D eigenvalue weighted by Crippen LogP contribution is -2.20. The van der Waals surface area contributed by atoms with E-state index >= 15 is 0 Å². The second-order valence-electron chi connectivity index (χ2n) is 13.1. The summed E-state index contributed by atoms with van der Waals surface area (Å²) in [5.74, 6) is -0.493. The Morgan fingerprint density at radius 1 is 0.804 bits per heavy atom. The number of imidazole rings is 1. The van der Waals surface area contributed by atoms with Gasteiger partial charge in [-0.2, -0.15) is 10.2 Å². The average Bonchev–Trinajstić information content (AvgIpc) is 3.94. The molecule has 6 aromatic heterocycles. The molecule has 3 amide bonds. The number of nitrogens with one attached hydrogen (secondary N) is 1. The Morgan fingerprint density at radius 3 is 2.23 bits per heavy atom. The Bertz CT molecular complexity index is 2680. The number of fused-ring (bicyclic) bond motifs is 4. The van der Waals surface area contributed by atoms with Crippen molar-refractivity contribution in [2.75, 3.05) is 18.5 Å². The molecule has 6 heterocycles. The van der Waals surface area contributed by atoms with Crippen LogP contribution in [-0.2, 0) is 26.2 Å². The molecule has 0 aliphatic heterocycles. The van der Waals surface area contributed by atoms with E-state index in [0.29, 0.717) is 95.3 Å². The van der Waals surface area contributed by atoms with Gasteiger partial charge in [-0.15, -0.1) is 0 Å². The number of nitrogens with two attached hydrogens (primary N) is 3. The summed E-state index contributed by atoms with van der Waals surface area (Å²) in [5, 5.41) is 13.3. The molecule has 0 bridgehead atoms. The van der Waals surface area contributed by atoms with Crippen molar-refractivity contribution >= 4 is 56.8 Å².